The van der Waals surface area contributed by atoms with E-state index in [2.05, 4.69) is 15.9 Å². The van der Waals surface area contributed by atoms with Gasteiger partial charge >= 0.3 is 0 Å². The molecule has 0 aliphatic carbocycles. The zero-order chi connectivity index (χ0) is 13.7. The Hall–Kier alpha value is -2.07. The number of primary amides is 1. The number of nitrogens with two attached hydrogens (primary N) is 1. The number of ether oxygens (including phenoxy) is 1. The highest BCUT2D eigenvalue weighted by molar-refractivity contribution is 9.10. The number of benzene rings is 2. The topological polar surface area (TPSA) is 52.3 Å². The van der Waals surface area contributed by atoms with Gasteiger partial charge in [0.1, 0.15) is 11.5 Å². The fourth-order valence-electron chi connectivity index (χ4n) is 1.46. The van der Waals surface area contributed by atoms with Gasteiger partial charge < -0.3 is 10.5 Å². The number of hydrogen-bond donors (Lipinski definition) is 1. The van der Waals surface area contributed by atoms with E-state index in [1.54, 1.807) is 6.08 Å². The van der Waals surface area contributed by atoms with E-state index in [0.29, 0.717) is 0 Å². The lowest BCUT2D eigenvalue weighted by Gasteiger charge is -2.05. The number of rotatable bonds is 4. The van der Waals surface area contributed by atoms with Gasteiger partial charge in [-0.2, -0.15) is 0 Å². The van der Waals surface area contributed by atoms with Crippen LogP contribution in [-0.2, 0) is 4.79 Å². The van der Waals surface area contributed by atoms with Crippen molar-refractivity contribution in [2.24, 2.45) is 5.73 Å². The Morgan fingerprint density at radius 2 is 1.53 bits per heavy atom. The van der Waals surface area contributed by atoms with Crippen molar-refractivity contribution in [3.8, 4) is 11.5 Å². The van der Waals surface area contributed by atoms with E-state index < -0.39 is 5.91 Å². The number of halogens is 1. The van der Waals surface area contributed by atoms with E-state index in [4.69, 9.17) is 10.5 Å². The predicted octanol–water partition coefficient (Wildman–Crippen LogP) is 3.74. The molecule has 0 unspecified atom stereocenters. The first-order valence-electron chi connectivity index (χ1n) is 5.64. The number of carbonyl (C=O) groups excluding carboxylic acids is 1. The van der Waals surface area contributed by atoms with Gasteiger partial charge in [0.15, 0.2) is 0 Å². The van der Waals surface area contributed by atoms with Crippen molar-refractivity contribution >= 4 is 27.9 Å². The summed E-state index contributed by atoms with van der Waals surface area (Å²) < 4.78 is 6.68. The summed E-state index contributed by atoms with van der Waals surface area (Å²) in [6, 6.07) is 15.0. The maximum Gasteiger partial charge on any atom is 0.241 e. The van der Waals surface area contributed by atoms with Crippen LogP contribution in [0.15, 0.2) is 59.1 Å². The summed E-state index contributed by atoms with van der Waals surface area (Å²) in [4.78, 5) is 10.6. The van der Waals surface area contributed by atoms with Crippen molar-refractivity contribution in [3.05, 3.63) is 64.6 Å². The lowest BCUT2D eigenvalue weighted by atomic mass is 10.2. The molecule has 0 spiro atoms. The molecule has 0 saturated heterocycles. The van der Waals surface area contributed by atoms with E-state index in [0.717, 1.165) is 21.5 Å². The second-order valence-electron chi connectivity index (χ2n) is 3.86. The molecule has 3 nitrogen and oxygen atoms in total. The lowest BCUT2D eigenvalue weighted by molar-refractivity contribution is -0.113. The van der Waals surface area contributed by atoms with Crippen LogP contribution in [0.4, 0.5) is 0 Å². The quantitative estimate of drug-likeness (QED) is 0.873. The number of hydrogen-bond acceptors (Lipinski definition) is 2. The van der Waals surface area contributed by atoms with Crippen LogP contribution in [0.1, 0.15) is 5.56 Å². The van der Waals surface area contributed by atoms with Crippen LogP contribution in [0.5, 0.6) is 11.5 Å². The van der Waals surface area contributed by atoms with E-state index in [-0.39, 0.29) is 0 Å². The summed E-state index contributed by atoms with van der Waals surface area (Å²) in [6.07, 6.45) is 2.98. The minimum atomic E-state index is -0.463. The summed E-state index contributed by atoms with van der Waals surface area (Å²) >= 11 is 3.37. The minimum Gasteiger partial charge on any atom is -0.457 e. The summed E-state index contributed by atoms with van der Waals surface area (Å²) in [5.74, 6) is 1.04. The largest absolute Gasteiger partial charge is 0.457 e. The second kappa shape index (κ2) is 6.20. The van der Waals surface area contributed by atoms with Crippen molar-refractivity contribution < 1.29 is 9.53 Å². The molecule has 0 atom stereocenters. The Kier molecular flexibility index (Phi) is 4.36. The molecule has 2 rings (SSSR count). The van der Waals surface area contributed by atoms with E-state index in [9.17, 15) is 4.79 Å². The van der Waals surface area contributed by atoms with Gasteiger partial charge in [-0.25, -0.2) is 0 Å². The highest BCUT2D eigenvalue weighted by Crippen LogP contribution is 2.23. The van der Waals surface area contributed by atoms with Crippen molar-refractivity contribution in [2.75, 3.05) is 0 Å². The molecule has 1 amide bonds. The van der Waals surface area contributed by atoms with Gasteiger partial charge in [0.05, 0.1) is 0 Å². The Labute approximate surface area is 119 Å². The van der Waals surface area contributed by atoms with Crippen LogP contribution >= 0.6 is 15.9 Å². The molecule has 0 heterocycles. The zero-order valence-electron chi connectivity index (χ0n) is 10.0. The molecule has 0 radical (unpaired) electrons. The molecule has 2 N–H and O–H groups in total. The van der Waals surface area contributed by atoms with E-state index in [1.807, 2.05) is 48.5 Å². The van der Waals surface area contributed by atoms with E-state index in [1.165, 1.54) is 6.08 Å². The molecule has 0 bridgehead atoms. The molecule has 0 aromatic heterocycles. The molecule has 4 heteroatoms. The first-order valence-corrected chi connectivity index (χ1v) is 6.44. The van der Waals surface area contributed by atoms with Crippen LogP contribution in [0.3, 0.4) is 0 Å². The molecule has 0 fully saturated rings. The van der Waals surface area contributed by atoms with Crippen LogP contribution in [0.2, 0.25) is 0 Å². The number of carbonyl (C=O) groups is 1. The fourth-order valence-corrected chi connectivity index (χ4v) is 1.73. The van der Waals surface area contributed by atoms with Crippen molar-refractivity contribution in [3.63, 3.8) is 0 Å². The minimum absolute atomic E-state index is 0.463. The third kappa shape index (κ3) is 4.26. The molecule has 0 aliphatic rings. The third-order valence-corrected chi connectivity index (χ3v) is 2.90. The Balaban J connectivity index is 2.06. The summed E-state index contributed by atoms with van der Waals surface area (Å²) in [6.45, 7) is 0. The monoisotopic (exact) mass is 317 g/mol. The summed E-state index contributed by atoms with van der Waals surface area (Å²) in [5.41, 5.74) is 5.92. The highest BCUT2D eigenvalue weighted by atomic mass is 79.9. The number of amides is 1. The Morgan fingerprint density at radius 3 is 2.05 bits per heavy atom. The van der Waals surface area contributed by atoms with Crippen molar-refractivity contribution in [2.45, 2.75) is 0 Å². The van der Waals surface area contributed by atoms with Gasteiger partial charge in [0.2, 0.25) is 5.91 Å². The van der Waals surface area contributed by atoms with Gasteiger partial charge in [-0.15, -0.1) is 0 Å². The SMILES string of the molecule is NC(=O)/C=C\c1ccc(Oc2ccc(Br)cc2)cc1. The van der Waals surface area contributed by atoms with Gasteiger partial charge in [-0.3, -0.25) is 4.79 Å². The average Bonchev–Trinajstić information content (AvgIpc) is 2.40. The highest BCUT2D eigenvalue weighted by Gasteiger charge is 1.97. The van der Waals surface area contributed by atoms with Gasteiger partial charge in [-0.05, 0) is 48.0 Å². The standard InChI is InChI=1S/C15H12BrNO2/c16-12-4-8-14(9-5-12)19-13-6-1-11(2-7-13)3-10-15(17)18/h1-10H,(H2,17,18)/b10-3-. The molecule has 2 aromatic carbocycles. The van der Waals surface area contributed by atoms with Crippen LogP contribution in [-0.4, -0.2) is 5.91 Å². The fraction of sp³-hybridized carbons (Fsp3) is 0. The second-order valence-corrected chi connectivity index (χ2v) is 4.78. The molecular formula is C15H12BrNO2. The van der Waals surface area contributed by atoms with Crippen LogP contribution < -0.4 is 10.5 Å². The molecule has 96 valence electrons. The molecule has 19 heavy (non-hydrogen) atoms. The molecule has 0 saturated carbocycles. The van der Waals surface area contributed by atoms with Crippen LogP contribution in [0.25, 0.3) is 6.08 Å². The van der Waals surface area contributed by atoms with Crippen molar-refractivity contribution in [1.82, 2.24) is 0 Å². The average molecular weight is 318 g/mol. The molecular weight excluding hydrogens is 306 g/mol. The first-order chi connectivity index (χ1) is 9.13. The maximum absolute atomic E-state index is 10.6. The first kappa shape index (κ1) is 13.4. The predicted molar refractivity (Wildman–Crippen MR) is 78.9 cm³/mol. The van der Waals surface area contributed by atoms with Crippen molar-refractivity contribution in [1.29, 1.82) is 0 Å². The smallest absolute Gasteiger partial charge is 0.241 e. The summed E-state index contributed by atoms with van der Waals surface area (Å²) in [7, 11) is 0. The van der Waals surface area contributed by atoms with E-state index >= 15 is 0 Å². The van der Waals surface area contributed by atoms with Crippen LogP contribution in [0, 0.1) is 0 Å². The van der Waals surface area contributed by atoms with Gasteiger partial charge in [-0.1, -0.05) is 28.1 Å². The van der Waals surface area contributed by atoms with Gasteiger partial charge in [0, 0.05) is 10.5 Å². The van der Waals surface area contributed by atoms with Gasteiger partial charge in [0.25, 0.3) is 0 Å². The Bertz CT molecular complexity index is 589. The summed E-state index contributed by atoms with van der Waals surface area (Å²) in [5, 5.41) is 0. The molecule has 0 aliphatic heterocycles. The normalized spacial score (nSPS) is 10.6. The Morgan fingerprint density at radius 1 is 1.00 bits per heavy atom. The third-order valence-electron chi connectivity index (χ3n) is 2.37. The maximum atomic E-state index is 10.6. The zero-order valence-corrected chi connectivity index (χ0v) is 11.6. The molecule has 2 aromatic rings. The lowest BCUT2D eigenvalue weighted by Crippen LogP contribution is -2.04.